The minimum absolute atomic E-state index is 0.00776. The molecule has 0 bridgehead atoms. The van der Waals surface area contributed by atoms with Gasteiger partial charge in [0, 0.05) is 6.04 Å². The molecule has 2 amide bonds. The summed E-state index contributed by atoms with van der Waals surface area (Å²) in [7, 11) is -3.36. The van der Waals surface area contributed by atoms with Crippen molar-refractivity contribution in [1.29, 1.82) is 0 Å². The third-order valence-corrected chi connectivity index (χ3v) is 5.99. The number of hydrogen-bond acceptors (Lipinski definition) is 3. The quantitative estimate of drug-likeness (QED) is 0.893. The molecule has 0 aliphatic heterocycles. The number of anilines is 1. The third-order valence-electron chi connectivity index (χ3n) is 4.20. The van der Waals surface area contributed by atoms with Gasteiger partial charge >= 0.3 is 6.03 Å². The van der Waals surface area contributed by atoms with Gasteiger partial charge in [0.05, 0.1) is 16.3 Å². The van der Waals surface area contributed by atoms with Gasteiger partial charge in [0.1, 0.15) is 0 Å². The molecule has 0 saturated heterocycles. The van der Waals surface area contributed by atoms with Gasteiger partial charge < -0.3 is 10.6 Å². The normalized spacial score (nSPS) is 22.1. The zero-order chi connectivity index (χ0) is 16.2. The van der Waals surface area contributed by atoms with Gasteiger partial charge in [-0.25, -0.2) is 13.2 Å². The Morgan fingerprint density at radius 1 is 1.18 bits per heavy atom. The summed E-state index contributed by atoms with van der Waals surface area (Å²) >= 11 is 0. The zero-order valence-corrected chi connectivity index (χ0v) is 13.9. The molecular weight excluding hydrogens is 300 g/mol. The van der Waals surface area contributed by atoms with Crippen molar-refractivity contribution in [2.75, 3.05) is 11.1 Å². The molecule has 0 heterocycles. The fourth-order valence-corrected chi connectivity index (χ4v) is 3.80. The van der Waals surface area contributed by atoms with E-state index in [0.717, 1.165) is 31.6 Å². The lowest BCUT2D eigenvalue weighted by atomic mass is 9.87. The van der Waals surface area contributed by atoms with Crippen molar-refractivity contribution in [3.63, 3.8) is 0 Å². The SMILES string of the molecule is CCS(=O)(=O)c1ccccc1NC(=O)NC1CCC(C)CC1. The number of nitrogens with one attached hydrogen (secondary N) is 2. The predicted molar refractivity (Wildman–Crippen MR) is 87.7 cm³/mol. The van der Waals surface area contributed by atoms with Crippen LogP contribution in [0.4, 0.5) is 10.5 Å². The molecule has 0 spiro atoms. The average molecular weight is 324 g/mol. The van der Waals surface area contributed by atoms with Crippen LogP contribution in [0, 0.1) is 5.92 Å². The lowest BCUT2D eigenvalue weighted by Crippen LogP contribution is -2.40. The number of carbonyl (C=O) groups excluding carboxylic acids is 1. The van der Waals surface area contributed by atoms with Crippen molar-refractivity contribution in [3.8, 4) is 0 Å². The number of para-hydroxylation sites is 1. The molecule has 1 aromatic rings. The molecule has 1 aliphatic carbocycles. The number of carbonyl (C=O) groups is 1. The molecule has 5 nitrogen and oxygen atoms in total. The Balaban J connectivity index is 2.03. The summed E-state index contributed by atoms with van der Waals surface area (Å²) in [4.78, 5) is 12.3. The van der Waals surface area contributed by atoms with Crippen molar-refractivity contribution in [2.45, 2.75) is 50.5 Å². The fraction of sp³-hybridized carbons (Fsp3) is 0.562. The van der Waals surface area contributed by atoms with Crippen LogP contribution in [0.2, 0.25) is 0 Å². The Hall–Kier alpha value is -1.56. The summed E-state index contributed by atoms with van der Waals surface area (Å²) in [5, 5.41) is 5.62. The van der Waals surface area contributed by atoms with Crippen LogP contribution < -0.4 is 10.6 Å². The van der Waals surface area contributed by atoms with Crippen molar-refractivity contribution in [2.24, 2.45) is 5.92 Å². The lowest BCUT2D eigenvalue weighted by Gasteiger charge is -2.27. The second-order valence-electron chi connectivity index (χ2n) is 5.95. The van der Waals surface area contributed by atoms with Crippen LogP contribution in [0.5, 0.6) is 0 Å². The van der Waals surface area contributed by atoms with Crippen molar-refractivity contribution >= 4 is 21.6 Å². The second-order valence-corrected chi connectivity index (χ2v) is 8.20. The molecule has 1 fully saturated rings. The monoisotopic (exact) mass is 324 g/mol. The first-order valence-corrected chi connectivity index (χ1v) is 9.47. The maximum absolute atomic E-state index is 12.1. The number of benzene rings is 1. The highest BCUT2D eigenvalue weighted by atomic mass is 32.2. The third kappa shape index (κ3) is 4.22. The molecule has 6 heteroatoms. The van der Waals surface area contributed by atoms with E-state index in [-0.39, 0.29) is 22.7 Å². The predicted octanol–water partition coefficient (Wildman–Crippen LogP) is 3.18. The standard InChI is InChI=1S/C16H24N2O3S/c1-3-22(20,21)15-7-5-4-6-14(15)18-16(19)17-13-10-8-12(2)9-11-13/h4-7,12-13H,3,8-11H2,1-2H3,(H2,17,18,19). The molecule has 2 N–H and O–H groups in total. The van der Waals surface area contributed by atoms with Gasteiger partial charge in [0.2, 0.25) is 0 Å². The minimum Gasteiger partial charge on any atom is -0.335 e. The summed E-state index contributed by atoms with van der Waals surface area (Å²) in [6.45, 7) is 3.82. The molecule has 2 rings (SSSR count). The molecule has 122 valence electrons. The van der Waals surface area contributed by atoms with E-state index in [1.165, 1.54) is 6.07 Å². The first-order valence-electron chi connectivity index (χ1n) is 7.81. The zero-order valence-electron chi connectivity index (χ0n) is 13.1. The van der Waals surface area contributed by atoms with Gasteiger partial charge in [-0.3, -0.25) is 0 Å². The number of hydrogen-bond donors (Lipinski definition) is 2. The Bertz CT molecular complexity index is 620. The Labute approximate surface area is 132 Å². The highest BCUT2D eigenvalue weighted by Gasteiger charge is 2.21. The Morgan fingerprint density at radius 2 is 1.82 bits per heavy atom. The van der Waals surface area contributed by atoms with Crippen LogP contribution in [0.3, 0.4) is 0 Å². The van der Waals surface area contributed by atoms with E-state index < -0.39 is 9.84 Å². The topological polar surface area (TPSA) is 75.3 Å². The lowest BCUT2D eigenvalue weighted by molar-refractivity contribution is 0.239. The van der Waals surface area contributed by atoms with Crippen LogP contribution in [0.15, 0.2) is 29.2 Å². The number of urea groups is 1. The molecular formula is C16H24N2O3S. The number of rotatable bonds is 4. The first-order chi connectivity index (χ1) is 10.4. The van der Waals surface area contributed by atoms with E-state index >= 15 is 0 Å². The molecule has 0 atom stereocenters. The second kappa shape index (κ2) is 7.13. The molecule has 1 aromatic carbocycles. The van der Waals surface area contributed by atoms with Crippen LogP contribution in [0.25, 0.3) is 0 Å². The smallest absolute Gasteiger partial charge is 0.319 e. The minimum atomic E-state index is -3.36. The molecule has 1 saturated carbocycles. The number of sulfone groups is 1. The summed E-state index contributed by atoms with van der Waals surface area (Å²) in [6, 6.07) is 6.35. The maximum atomic E-state index is 12.1. The molecule has 0 unspecified atom stereocenters. The van der Waals surface area contributed by atoms with Gasteiger partial charge in [0.25, 0.3) is 0 Å². The highest BCUT2D eigenvalue weighted by molar-refractivity contribution is 7.91. The van der Waals surface area contributed by atoms with Crippen molar-refractivity contribution in [3.05, 3.63) is 24.3 Å². The van der Waals surface area contributed by atoms with Crippen LogP contribution in [-0.4, -0.2) is 26.2 Å². The van der Waals surface area contributed by atoms with Crippen molar-refractivity contribution < 1.29 is 13.2 Å². The molecule has 1 aliphatic rings. The summed E-state index contributed by atoms with van der Waals surface area (Å²) in [5.74, 6) is 0.727. The Kier molecular flexibility index (Phi) is 5.45. The van der Waals surface area contributed by atoms with Crippen LogP contribution >= 0.6 is 0 Å². The van der Waals surface area contributed by atoms with Gasteiger partial charge in [-0.2, -0.15) is 0 Å². The maximum Gasteiger partial charge on any atom is 0.319 e. The largest absolute Gasteiger partial charge is 0.335 e. The highest BCUT2D eigenvalue weighted by Crippen LogP contribution is 2.24. The van der Waals surface area contributed by atoms with Gasteiger partial charge in [-0.1, -0.05) is 26.0 Å². The summed E-state index contributed by atoms with van der Waals surface area (Å²) in [5.41, 5.74) is 0.339. The molecule has 0 aromatic heterocycles. The van der Waals surface area contributed by atoms with Gasteiger partial charge in [-0.05, 0) is 43.7 Å². The van der Waals surface area contributed by atoms with E-state index in [9.17, 15) is 13.2 Å². The van der Waals surface area contributed by atoms with Crippen molar-refractivity contribution in [1.82, 2.24) is 5.32 Å². The van der Waals surface area contributed by atoms with Gasteiger partial charge in [-0.15, -0.1) is 0 Å². The van der Waals surface area contributed by atoms with E-state index in [4.69, 9.17) is 0 Å². The van der Waals surface area contributed by atoms with E-state index in [1.54, 1.807) is 25.1 Å². The van der Waals surface area contributed by atoms with Crippen LogP contribution in [-0.2, 0) is 9.84 Å². The Morgan fingerprint density at radius 3 is 2.45 bits per heavy atom. The molecule has 0 radical (unpaired) electrons. The van der Waals surface area contributed by atoms with E-state index in [1.807, 2.05) is 0 Å². The first kappa shape index (κ1) is 16.8. The van der Waals surface area contributed by atoms with E-state index in [0.29, 0.717) is 5.69 Å². The van der Waals surface area contributed by atoms with Crippen LogP contribution in [0.1, 0.15) is 39.5 Å². The summed E-state index contributed by atoms with van der Waals surface area (Å²) in [6.07, 6.45) is 4.18. The fourth-order valence-electron chi connectivity index (χ4n) is 2.74. The molecule has 22 heavy (non-hydrogen) atoms. The summed E-state index contributed by atoms with van der Waals surface area (Å²) < 4.78 is 24.1. The average Bonchev–Trinajstić information content (AvgIpc) is 2.50. The van der Waals surface area contributed by atoms with E-state index in [2.05, 4.69) is 17.6 Å². The number of amides is 2. The van der Waals surface area contributed by atoms with Gasteiger partial charge in [0.15, 0.2) is 9.84 Å².